The molecule has 0 bridgehead atoms. The summed E-state index contributed by atoms with van der Waals surface area (Å²) in [5.41, 5.74) is 8.83. The third-order valence-electron chi connectivity index (χ3n) is 4.46. The number of aromatic nitrogens is 5. The minimum Gasteiger partial charge on any atom is -0.477 e. The SMILES string of the molecule is COc1nnc(-c2c(C)nn3c(C(N)=O)cccc23)nc1NCc1ccccc1. The molecule has 0 radical (unpaired) electrons. The zero-order valence-corrected chi connectivity index (χ0v) is 16.0. The van der Waals surface area contributed by atoms with Crippen molar-refractivity contribution in [1.82, 2.24) is 24.8 Å². The predicted molar refractivity (Wildman–Crippen MR) is 108 cm³/mol. The molecule has 0 aliphatic heterocycles. The van der Waals surface area contributed by atoms with E-state index in [1.165, 1.54) is 11.6 Å². The van der Waals surface area contributed by atoms with Crippen molar-refractivity contribution in [1.29, 1.82) is 0 Å². The number of anilines is 1. The van der Waals surface area contributed by atoms with E-state index in [9.17, 15) is 4.79 Å². The number of nitrogens with two attached hydrogens (primary N) is 1. The van der Waals surface area contributed by atoms with Gasteiger partial charge in [-0.25, -0.2) is 9.50 Å². The Morgan fingerprint density at radius 3 is 2.66 bits per heavy atom. The number of methoxy groups -OCH3 is 1. The third-order valence-corrected chi connectivity index (χ3v) is 4.46. The number of pyridine rings is 1. The Labute approximate surface area is 166 Å². The summed E-state index contributed by atoms with van der Waals surface area (Å²) < 4.78 is 6.79. The van der Waals surface area contributed by atoms with E-state index in [2.05, 4.69) is 25.6 Å². The van der Waals surface area contributed by atoms with E-state index >= 15 is 0 Å². The molecule has 3 heterocycles. The summed E-state index contributed by atoms with van der Waals surface area (Å²) in [6.07, 6.45) is 0. The van der Waals surface area contributed by atoms with Gasteiger partial charge in [0.1, 0.15) is 5.69 Å². The van der Waals surface area contributed by atoms with Crippen LogP contribution in [0.2, 0.25) is 0 Å². The van der Waals surface area contributed by atoms with Gasteiger partial charge in [0.05, 0.1) is 23.9 Å². The van der Waals surface area contributed by atoms with Gasteiger partial charge < -0.3 is 15.8 Å². The summed E-state index contributed by atoms with van der Waals surface area (Å²) >= 11 is 0. The van der Waals surface area contributed by atoms with Gasteiger partial charge in [0.15, 0.2) is 11.6 Å². The number of carbonyl (C=O) groups is 1. The first-order valence-corrected chi connectivity index (χ1v) is 8.93. The normalized spacial score (nSPS) is 10.8. The number of hydrogen-bond acceptors (Lipinski definition) is 7. The summed E-state index contributed by atoms with van der Waals surface area (Å²) in [5.74, 6) is 0.557. The van der Waals surface area contributed by atoms with Crippen LogP contribution in [0.1, 0.15) is 21.7 Å². The van der Waals surface area contributed by atoms with Gasteiger partial charge in [-0.2, -0.15) is 5.10 Å². The number of nitrogens with zero attached hydrogens (tertiary/aromatic N) is 5. The van der Waals surface area contributed by atoms with Crippen molar-refractivity contribution in [3.8, 4) is 17.3 Å². The summed E-state index contributed by atoms with van der Waals surface area (Å²) in [4.78, 5) is 16.3. The van der Waals surface area contributed by atoms with E-state index in [1.54, 1.807) is 12.1 Å². The van der Waals surface area contributed by atoms with Crippen molar-refractivity contribution in [3.63, 3.8) is 0 Å². The van der Waals surface area contributed by atoms with Crippen molar-refractivity contribution in [3.05, 3.63) is 65.5 Å². The third kappa shape index (κ3) is 3.45. The number of hydrogen-bond donors (Lipinski definition) is 2. The van der Waals surface area contributed by atoms with Gasteiger partial charge in [0.25, 0.3) is 11.8 Å². The van der Waals surface area contributed by atoms with E-state index < -0.39 is 5.91 Å². The molecule has 4 aromatic rings. The molecule has 4 rings (SSSR count). The molecule has 3 aromatic heterocycles. The van der Waals surface area contributed by atoms with Crippen LogP contribution in [0.4, 0.5) is 5.82 Å². The van der Waals surface area contributed by atoms with Crippen LogP contribution < -0.4 is 15.8 Å². The monoisotopic (exact) mass is 389 g/mol. The molecule has 0 fully saturated rings. The second-order valence-corrected chi connectivity index (χ2v) is 6.37. The van der Waals surface area contributed by atoms with E-state index in [0.29, 0.717) is 35.0 Å². The molecule has 0 aliphatic rings. The molecule has 0 aliphatic carbocycles. The smallest absolute Gasteiger partial charge is 0.276 e. The van der Waals surface area contributed by atoms with Crippen LogP contribution in [0.15, 0.2) is 48.5 Å². The molecule has 0 atom stereocenters. The van der Waals surface area contributed by atoms with E-state index in [1.807, 2.05) is 43.3 Å². The fourth-order valence-corrected chi connectivity index (χ4v) is 3.10. The van der Waals surface area contributed by atoms with Crippen molar-refractivity contribution < 1.29 is 9.53 Å². The number of aryl methyl sites for hydroxylation is 1. The fourth-order valence-electron chi connectivity index (χ4n) is 3.10. The molecule has 3 N–H and O–H groups in total. The molecule has 146 valence electrons. The van der Waals surface area contributed by atoms with Crippen molar-refractivity contribution in [2.75, 3.05) is 12.4 Å². The Bertz CT molecular complexity index is 1190. The number of primary amides is 1. The minimum atomic E-state index is -0.566. The molecular weight excluding hydrogens is 370 g/mol. The Kier molecular flexibility index (Phi) is 4.78. The highest BCUT2D eigenvalue weighted by Crippen LogP contribution is 2.28. The van der Waals surface area contributed by atoms with Gasteiger partial charge in [-0.05, 0) is 24.6 Å². The van der Waals surface area contributed by atoms with Gasteiger partial charge >= 0.3 is 0 Å². The van der Waals surface area contributed by atoms with Crippen LogP contribution in [-0.4, -0.2) is 37.8 Å². The molecular formula is C20H19N7O2. The van der Waals surface area contributed by atoms with Crippen molar-refractivity contribution in [2.24, 2.45) is 5.73 Å². The highest BCUT2D eigenvalue weighted by atomic mass is 16.5. The van der Waals surface area contributed by atoms with Crippen LogP contribution in [0.25, 0.3) is 16.9 Å². The Balaban J connectivity index is 1.77. The van der Waals surface area contributed by atoms with E-state index in [-0.39, 0.29) is 11.6 Å². The van der Waals surface area contributed by atoms with Crippen molar-refractivity contribution >= 4 is 17.2 Å². The molecule has 0 unspecified atom stereocenters. The molecule has 29 heavy (non-hydrogen) atoms. The van der Waals surface area contributed by atoms with Gasteiger partial charge in [-0.15, -0.1) is 10.2 Å². The standard InChI is InChI=1S/C20H19N7O2/c1-12-16(14-9-6-10-15(17(21)28)27(14)26-12)18-23-19(20(29-2)25-24-18)22-11-13-7-4-3-5-8-13/h3-10H,11H2,1-2H3,(H2,21,28)(H,22,23,24). The molecule has 1 amide bonds. The summed E-state index contributed by atoms with van der Waals surface area (Å²) in [7, 11) is 1.51. The molecule has 0 saturated carbocycles. The highest BCUT2D eigenvalue weighted by molar-refractivity contribution is 5.93. The number of nitrogens with one attached hydrogen (secondary N) is 1. The van der Waals surface area contributed by atoms with Crippen LogP contribution in [-0.2, 0) is 6.54 Å². The lowest BCUT2D eigenvalue weighted by atomic mass is 10.2. The number of carbonyl (C=O) groups excluding carboxylic acids is 1. The zero-order chi connectivity index (χ0) is 20.4. The average Bonchev–Trinajstić information content (AvgIpc) is 3.08. The number of amides is 1. The molecule has 0 saturated heterocycles. The average molecular weight is 389 g/mol. The highest BCUT2D eigenvalue weighted by Gasteiger charge is 2.20. The van der Waals surface area contributed by atoms with E-state index in [0.717, 1.165) is 5.56 Å². The first-order valence-electron chi connectivity index (χ1n) is 8.93. The van der Waals surface area contributed by atoms with Gasteiger partial charge in [-0.1, -0.05) is 36.4 Å². The summed E-state index contributed by atoms with van der Waals surface area (Å²) in [6.45, 7) is 2.37. The maximum Gasteiger partial charge on any atom is 0.276 e. The minimum absolute atomic E-state index is 0.278. The maximum absolute atomic E-state index is 11.7. The van der Waals surface area contributed by atoms with Crippen LogP contribution in [0, 0.1) is 6.92 Å². The lowest BCUT2D eigenvalue weighted by Gasteiger charge is -2.10. The Hall–Kier alpha value is -4.01. The molecule has 9 heteroatoms. The first kappa shape index (κ1) is 18.4. The summed E-state index contributed by atoms with van der Waals surface area (Å²) in [5, 5.41) is 16.0. The topological polar surface area (TPSA) is 120 Å². The lowest BCUT2D eigenvalue weighted by Crippen LogP contribution is -2.15. The first-order chi connectivity index (χ1) is 14.1. The Morgan fingerprint density at radius 1 is 1.14 bits per heavy atom. The van der Waals surface area contributed by atoms with Crippen LogP contribution >= 0.6 is 0 Å². The van der Waals surface area contributed by atoms with Crippen molar-refractivity contribution in [2.45, 2.75) is 13.5 Å². The molecule has 1 aromatic carbocycles. The van der Waals surface area contributed by atoms with Gasteiger partial charge in [0, 0.05) is 6.54 Å². The summed E-state index contributed by atoms with van der Waals surface area (Å²) in [6, 6.07) is 15.1. The zero-order valence-electron chi connectivity index (χ0n) is 16.0. The number of rotatable bonds is 6. The lowest BCUT2D eigenvalue weighted by molar-refractivity contribution is 0.0993. The van der Waals surface area contributed by atoms with Crippen LogP contribution in [0.5, 0.6) is 5.88 Å². The number of fused-ring (bicyclic) bond motifs is 1. The molecule has 9 nitrogen and oxygen atoms in total. The second kappa shape index (κ2) is 7.55. The molecule has 0 spiro atoms. The Morgan fingerprint density at radius 2 is 1.93 bits per heavy atom. The number of benzene rings is 1. The predicted octanol–water partition coefficient (Wildman–Crippen LogP) is 2.21. The van der Waals surface area contributed by atoms with Crippen LogP contribution in [0.3, 0.4) is 0 Å². The second-order valence-electron chi connectivity index (χ2n) is 6.37. The number of ether oxygens (including phenoxy) is 1. The fraction of sp³-hybridized carbons (Fsp3) is 0.150. The van der Waals surface area contributed by atoms with Gasteiger partial charge in [-0.3, -0.25) is 4.79 Å². The quantitative estimate of drug-likeness (QED) is 0.519. The van der Waals surface area contributed by atoms with E-state index in [4.69, 9.17) is 10.5 Å². The van der Waals surface area contributed by atoms with Gasteiger partial charge in [0.2, 0.25) is 0 Å². The largest absolute Gasteiger partial charge is 0.477 e. The maximum atomic E-state index is 11.7.